The van der Waals surface area contributed by atoms with E-state index in [1.54, 1.807) is 12.3 Å². The molecule has 4 aromatic rings. The van der Waals surface area contributed by atoms with Gasteiger partial charge in [-0.1, -0.05) is 23.7 Å². The van der Waals surface area contributed by atoms with E-state index in [1.807, 2.05) is 49.4 Å². The molecule has 25 heavy (non-hydrogen) atoms. The summed E-state index contributed by atoms with van der Waals surface area (Å²) >= 11 is 6.10. The molecule has 0 spiro atoms. The number of rotatable bonds is 4. The zero-order chi connectivity index (χ0) is 17.4. The SMILES string of the molecule is C[C@@H](C(=O)NCc1ccco1)c1ccc2c(c1)[nH]c1ccc(Cl)cc12. The van der Waals surface area contributed by atoms with E-state index in [1.165, 1.54) is 0 Å². The first-order chi connectivity index (χ1) is 12.1. The Morgan fingerprint density at radius 3 is 2.84 bits per heavy atom. The molecule has 0 bridgehead atoms. The molecular weight excluding hydrogens is 336 g/mol. The van der Waals surface area contributed by atoms with Crippen LogP contribution in [0.1, 0.15) is 24.2 Å². The Kier molecular flexibility index (Phi) is 3.98. The first-order valence-corrected chi connectivity index (χ1v) is 8.50. The summed E-state index contributed by atoms with van der Waals surface area (Å²) in [4.78, 5) is 15.8. The molecule has 0 saturated carbocycles. The smallest absolute Gasteiger partial charge is 0.227 e. The fourth-order valence-corrected chi connectivity index (χ4v) is 3.23. The molecule has 1 atom stereocenters. The van der Waals surface area contributed by atoms with Crippen LogP contribution in [0.2, 0.25) is 5.02 Å². The van der Waals surface area contributed by atoms with Crippen LogP contribution in [0.4, 0.5) is 0 Å². The molecule has 0 aliphatic carbocycles. The van der Waals surface area contributed by atoms with Gasteiger partial charge >= 0.3 is 0 Å². The van der Waals surface area contributed by atoms with Gasteiger partial charge in [-0.25, -0.2) is 0 Å². The lowest BCUT2D eigenvalue weighted by atomic mass is 9.98. The molecule has 0 aliphatic heterocycles. The Hall–Kier alpha value is -2.72. The molecule has 0 saturated heterocycles. The summed E-state index contributed by atoms with van der Waals surface area (Å²) in [5.41, 5.74) is 2.99. The number of aromatic nitrogens is 1. The van der Waals surface area contributed by atoms with Crippen molar-refractivity contribution in [2.24, 2.45) is 0 Å². The first-order valence-electron chi connectivity index (χ1n) is 8.13. The fraction of sp³-hybridized carbons (Fsp3) is 0.150. The molecule has 0 aliphatic rings. The molecule has 2 aromatic carbocycles. The number of hydrogen-bond donors (Lipinski definition) is 2. The number of hydrogen-bond acceptors (Lipinski definition) is 2. The minimum absolute atomic E-state index is 0.0325. The van der Waals surface area contributed by atoms with Crippen LogP contribution in [0.5, 0.6) is 0 Å². The highest BCUT2D eigenvalue weighted by Crippen LogP contribution is 2.30. The van der Waals surface area contributed by atoms with Gasteiger partial charge in [0.25, 0.3) is 0 Å². The van der Waals surface area contributed by atoms with Gasteiger partial charge in [0, 0.05) is 26.8 Å². The van der Waals surface area contributed by atoms with Crippen molar-refractivity contribution in [1.29, 1.82) is 0 Å². The summed E-state index contributed by atoms with van der Waals surface area (Å²) in [6.45, 7) is 2.29. The van der Waals surface area contributed by atoms with Crippen LogP contribution >= 0.6 is 11.6 Å². The Labute approximate surface area is 149 Å². The fourth-order valence-electron chi connectivity index (χ4n) is 3.05. The average molecular weight is 353 g/mol. The van der Waals surface area contributed by atoms with E-state index in [0.29, 0.717) is 11.6 Å². The van der Waals surface area contributed by atoms with Crippen LogP contribution in [0.3, 0.4) is 0 Å². The Bertz CT molecular complexity index is 1050. The van der Waals surface area contributed by atoms with Crippen LogP contribution in [0.25, 0.3) is 21.8 Å². The molecule has 4 rings (SSSR count). The quantitative estimate of drug-likeness (QED) is 0.543. The lowest BCUT2D eigenvalue weighted by Gasteiger charge is -2.12. The third-order valence-corrected chi connectivity index (χ3v) is 4.73. The Morgan fingerprint density at radius 1 is 1.16 bits per heavy atom. The third kappa shape index (κ3) is 3.01. The number of furan rings is 1. The summed E-state index contributed by atoms with van der Waals surface area (Å²) in [6, 6.07) is 15.5. The molecular formula is C20H17ClN2O2. The Balaban J connectivity index is 1.59. The number of aromatic amines is 1. The molecule has 0 fully saturated rings. The van der Waals surface area contributed by atoms with E-state index >= 15 is 0 Å². The first kappa shape index (κ1) is 15.8. The molecule has 2 heterocycles. The van der Waals surface area contributed by atoms with Crippen molar-refractivity contribution in [1.82, 2.24) is 10.3 Å². The number of carbonyl (C=O) groups is 1. The highest BCUT2D eigenvalue weighted by Gasteiger charge is 2.16. The predicted octanol–water partition coefficient (Wildman–Crippen LogP) is 4.99. The summed E-state index contributed by atoms with van der Waals surface area (Å²) in [6.07, 6.45) is 1.60. The number of benzene rings is 2. The summed E-state index contributed by atoms with van der Waals surface area (Å²) < 4.78 is 5.24. The topological polar surface area (TPSA) is 58.0 Å². The van der Waals surface area contributed by atoms with Gasteiger partial charge in [0.1, 0.15) is 5.76 Å². The second-order valence-corrected chi connectivity index (χ2v) is 6.58. The van der Waals surface area contributed by atoms with Gasteiger partial charge in [0.15, 0.2) is 0 Å². The van der Waals surface area contributed by atoms with Crippen molar-refractivity contribution < 1.29 is 9.21 Å². The van der Waals surface area contributed by atoms with Gasteiger partial charge in [0.2, 0.25) is 5.91 Å². The highest BCUT2D eigenvalue weighted by atomic mass is 35.5. The van der Waals surface area contributed by atoms with Crippen molar-refractivity contribution in [3.05, 3.63) is 71.1 Å². The molecule has 0 radical (unpaired) electrons. The zero-order valence-corrected chi connectivity index (χ0v) is 14.4. The third-order valence-electron chi connectivity index (χ3n) is 4.49. The highest BCUT2D eigenvalue weighted by molar-refractivity contribution is 6.31. The minimum Gasteiger partial charge on any atom is -0.467 e. The molecule has 5 heteroatoms. The van der Waals surface area contributed by atoms with Crippen LogP contribution < -0.4 is 5.32 Å². The van der Waals surface area contributed by atoms with Gasteiger partial charge in [0.05, 0.1) is 18.7 Å². The Morgan fingerprint density at radius 2 is 2.04 bits per heavy atom. The van der Waals surface area contributed by atoms with E-state index in [4.69, 9.17) is 16.0 Å². The maximum Gasteiger partial charge on any atom is 0.227 e. The number of H-pyrrole nitrogens is 1. The van der Waals surface area contributed by atoms with E-state index < -0.39 is 0 Å². The maximum atomic E-state index is 12.4. The number of amides is 1. The normalized spacial score (nSPS) is 12.6. The van der Waals surface area contributed by atoms with E-state index in [-0.39, 0.29) is 11.8 Å². The average Bonchev–Trinajstić information content (AvgIpc) is 3.25. The number of fused-ring (bicyclic) bond motifs is 3. The summed E-state index contributed by atoms with van der Waals surface area (Å²) in [7, 11) is 0. The van der Waals surface area contributed by atoms with Crippen molar-refractivity contribution in [3.8, 4) is 0 Å². The number of carbonyl (C=O) groups excluding carboxylic acids is 1. The van der Waals surface area contributed by atoms with Gasteiger partial charge in [-0.15, -0.1) is 0 Å². The second-order valence-electron chi connectivity index (χ2n) is 6.14. The maximum absolute atomic E-state index is 12.4. The van der Waals surface area contributed by atoms with Crippen molar-refractivity contribution in [3.63, 3.8) is 0 Å². The van der Waals surface area contributed by atoms with Gasteiger partial charge in [-0.05, 0) is 48.9 Å². The monoisotopic (exact) mass is 352 g/mol. The molecule has 126 valence electrons. The molecule has 1 amide bonds. The molecule has 4 nitrogen and oxygen atoms in total. The van der Waals surface area contributed by atoms with E-state index in [9.17, 15) is 4.79 Å². The number of nitrogens with one attached hydrogen (secondary N) is 2. The van der Waals surface area contributed by atoms with Gasteiger partial charge in [-0.2, -0.15) is 0 Å². The van der Waals surface area contributed by atoms with Crippen molar-refractivity contribution in [2.75, 3.05) is 0 Å². The number of halogens is 1. The standard InChI is InChI=1S/C20H17ClN2O2/c1-12(20(24)22-11-15-3-2-8-25-15)13-4-6-16-17-10-14(21)5-7-18(17)23-19(16)9-13/h2-10,12,23H,11H2,1H3,(H,22,24)/t12-/m1/s1. The lowest BCUT2D eigenvalue weighted by molar-refractivity contribution is -0.122. The summed E-state index contributed by atoms with van der Waals surface area (Å²) in [5, 5.41) is 5.80. The molecule has 0 unspecified atom stereocenters. The van der Waals surface area contributed by atoms with Crippen LogP contribution in [0, 0.1) is 0 Å². The van der Waals surface area contributed by atoms with Crippen molar-refractivity contribution >= 4 is 39.3 Å². The van der Waals surface area contributed by atoms with Gasteiger partial charge < -0.3 is 14.7 Å². The van der Waals surface area contributed by atoms with Gasteiger partial charge in [-0.3, -0.25) is 4.79 Å². The van der Waals surface area contributed by atoms with Crippen molar-refractivity contribution in [2.45, 2.75) is 19.4 Å². The van der Waals surface area contributed by atoms with Crippen LogP contribution in [0.15, 0.2) is 59.2 Å². The van der Waals surface area contributed by atoms with E-state index in [0.717, 1.165) is 33.1 Å². The summed E-state index contributed by atoms with van der Waals surface area (Å²) in [5.74, 6) is 0.452. The molecule has 2 aromatic heterocycles. The van der Waals surface area contributed by atoms with E-state index in [2.05, 4.69) is 10.3 Å². The lowest BCUT2D eigenvalue weighted by Crippen LogP contribution is -2.27. The van der Waals surface area contributed by atoms with Crippen LogP contribution in [-0.4, -0.2) is 10.9 Å². The zero-order valence-electron chi connectivity index (χ0n) is 13.7. The minimum atomic E-state index is -0.255. The molecule has 2 N–H and O–H groups in total. The largest absolute Gasteiger partial charge is 0.467 e. The predicted molar refractivity (Wildman–Crippen MR) is 99.8 cm³/mol. The van der Waals surface area contributed by atoms with Crippen LogP contribution in [-0.2, 0) is 11.3 Å². The second kappa shape index (κ2) is 6.30.